The van der Waals surface area contributed by atoms with Crippen molar-refractivity contribution in [2.24, 2.45) is 47.3 Å². The molecule has 5 aliphatic heterocycles. The zero-order valence-electron chi connectivity index (χ0n) is 51.6. The number of aliphatic carboxylic acids is 4. The summed E-state index contributed by atoms with van der Waals surface area (Å²) in [5, 5.41) is 160. The molecule has 0 spiro atoms. The first-order valence-electron chi connectivity index (χ1n) is 27.4. The summed E-state index contributed by atoms with van der Waals surface area (Å²) in [6.07, 6.45) is -12.3. The minimum atomic E-state index is -5.32. The number of ether oxygens (including phenoxy) is 6. The van der Waals surface area contributed by atoms with Crippen LogP contribution in [0, 0.1) is 47.3 Å². The van der Waals surface area contributed by atoms with Crippen molar-refractivity contribution in [1.82, 2.24) is 0 Å². The standard InChI is InChI=1S/C13H25O7P.C12H22O6.C11H20O7.C11H18O6.CH5P.CS2.Mg.H2O6P2.H2O/c1-6(5-14)10(16)11-7(2)9(15)4-13(20-11,12(17)18)19-8(3)21;1-6(5-13)9(15)10-7(2)8(14)4-12(3,18-10)11(16)17;1-5(4-12)8(14)9-6(2)7(13)3-11(17,18-9)10(15)16;1-5(4-12)8-9-6(2)7(13)3-11(16-8,17-9)10(14)15;1-2;2-1-3;;1-7(2)6-8(3,4)5;/h6-11,14-16H,4-5,21H2,1-3H3,(H,17,18);6-10,13-15H,4-5H2,1-3H3,(H,16,17);5-9,12-14,17H,3-4H2,1-2H3,(H,15,16);5-9,12-13H,3-4H2,1-2H3,(H,14,15);2H2,1H3;;;(H2,3,4,5);1H2/q;;;;;;+2;;/p-6/t6-,7-,8?,9-,10-,11?,13+;6-,7-,8-,9-,10?,12-;5-,6-,7-,8-,9?,11+;5-,6-,7-,8?,9?,11-;;;;;/m1111...../s1/i;;;;1T;;;;. The third kappa shape index (κ3) is 28.0. The predicted octanol–water partition coefficient (Wildman–Crippen LogP) is -9.69. The predicted molar refractivity (Wildman–Crippen MR) is 307 cm³/mol. The van der Waals surface area contributed by atoms with E-state index in [1.54, 1.807) is 62.3 Å². The summed E-state index contributed by atoms with van der Waals surface area (Å²) in [5.74, 6) is -17.0. The molecular weight excluding hydrogens is 1330 g/mol. The maximum atomic E-state index is 11.5. The third-order valence-corrected chi connectivity index (χ3v) is 16.4. The molecule has 0 aromatic heterocycles. The van der Waals surface area contributed by atoms with Gasteiger partial charge in [0, 0.05) is 105 Å². The molecule has 89 heavy (non-hydrogen) atoms. The molecule has 0 aliphatic carbocycles. The molecular formula is C49H88MgO33P4S2-4. The second-order valence-electron chi connectivity index (χ2n) is 21.9. The molecule has 520 valence electrons. The Morgan fingerprint density at radius 3 is 1.35 bits per heavy atom. The molecule has 28 atom stereocenters. The molecule has 33 nitrogen and oxygen atoms in total. The Morgan fingerprint density at radius 1 is 0.663 bits per heavy atom. The minimum Gasteiger partial charge on any atom is -0.786 e. The van der Waals surface area contributed by atoms with Gasteiger partial charge in [0.2, 0.25) is 17.4 Å². The maximum Gasteiger partial charge on any atom is 2.00 e. The molecule has 0 radical (unpaired) electrons. The fourth-order valence-electron chi connectivity index (χ4n) is 9.23. The van der Waals surface area contributed by atoms with Crippen LogP contribution >= 0.6 is 59.0 Å². The number of hydrogen-bond donors (Lipinski definition) is 12. The van der Waals surface area contributed by atoms with Crippen LogP contribution in [0.15, 0.2) is 0 Å². The van der Waals surface area contributed by atoms with Gasteiger partial charge in [-0.15, -0.1) is 22.8 Å². The number of rotatable bonds is 19. The van der Waals surface area contributed by atoms with Gasteiger partial charge in [-0.2, -0.15) is 0 Å². The van der Waals surface area contributed by atoms with Gasteiger partial charge >= 0.3 is 31.3 Å². The number of fused-ring (bicyclic) bond motifs is 2. The monoisotopic (exact) mass is 1420 g/mol. The molecule has 5 rings (SSSR count). The van der Waals surface area contributed by atoms with Crippen molar-refractivity contribution in [3.05, 3.63) is 0 Å². The van der Waals surface area contributed by atoms with E-state index >= 15 is 0 Å². The second kappa shape index (κ2) is 42.6. The summed E-state index contributed by atoms with van der Waals surface area (Å²) in [4.78, 5) is 72.3. The van der Waals surface area contributed by atoms with Crippen LogP contribution in [-0.2, 0) is 61.0 Å². The summed E-state index contributed by atoms with van der Waals surface area (Å²) in [5.41, 5.74) is -1.62. The summed E-state index contributed by atoms with van der Waals surface area (Å²) in [7, 11) is -4.37. The summed E-state index contributed by atoms with van der Waals surface area (Å²) < 4.78 is 61.5. The molecule has 5 heterocycles. The fourth-order valence-corrected chi connectivity index (χ4v) is 10.1. The van der Waals surface area contributed by atoms with Gasteiger partial charge in [-0.05, 0) is 42.8 Å². The molecule has 0 saturated carbocycles. The number of aliphatic hydroxyl groups is 12. The number of carbonyl (C=O) groups excluding carboxylic acids is 4. The Kier molecular flexibility index (Phi) is 44.2. The van der Waals surface area contributed by atoms with Crippen LogP contribution in [0.3, 0.4) is 0 Å². The SMILES string of the molecule is CC(P)O[C@@]1(C(=O)[O-])C[C@@H](O)[C@@H](C)C([C@H](O)[C@H](C)CO)O1.C[C@H](CO)C1O[C@]2(C(=O)[O-])C[C@@H](O)[C@@H](C)C1O2.C[C@H](CO)[C@@H](O)C1O[C@@](C)(C(=O)[O-])C[C@@H](O)[C@H]1C.C[C@H](CO)[C@@H](O)C1O[C@](O)(C(=O)[O-])C[C@@H](O)[C@H]1C.O.O=[P+]([O-])OP(=O)([O-])[O-].S=C=S.[3H]CP.[Mg+2]. The van der Waals surface area contributed by atoms with Crippen molar-refractivity contribution < 1.29 is 164 Å². The van der Waals surface area contributed by atoms with Crippen molar-refractivity contribution >= 4 is 110 Å². The molecule has 5 saturated heterocycles. The number of carboxylic acid groups (broad SMARTS) is 4. The number of aliphatic hydroxyl groups excluding tert-OH is 11. The molecule has 5 aliphatic rings. The van der Waals surface area contributed by atoms with E-state index in [1.807, 2.05) is 4.31 Å². The van der Waals surface area contributed by atoms with Crippen LogP contribution in [0.25, 0.3) is 0 Å². The molecule has 0 amide bonds. The van der Waals surface area contributed by atoms with Crippen molar-refractivity contribution in [2.75, 3.05) is 33.1 Å². The Hall–Kier alpha value is -0.864. The first-order chi connectivity index (χ1) is 40.2. The van der Waals surface area contributed by atoms with E-state index in [2.05, 4.69) is 47.2 Å². The van der Waals surface area contributed by atoms with Gasteiger partial charge < -0.3 is 154 Å². The summed E-state index contributed by atoms with van der Waals surface area (Å²) in [6, 6.07) is 0. The number of thiocarbonyl (C=S) groups is 2. The molecule has 5 fully saturated rings. The van der Waals surface area contributed by atoms with Crippen molar-refractivity contribution in [3.8, 4) is 0 Å². The van der Waals surface area contributed by atoms with Crippen molar-refractivity contribution in [2.45, 2.75) is 197 Å². The van der Waals surface area contributed by atoms with Gasteiger partial charge in [0.15, 0.2) is 0 Å². The zero-order chi connectivity index (χ0) is 69.5. The molecule has 0 aromatic rings. The van der Waals surface area contributed by atoms with E-state index in [0.29, 0.717) is 6.64 Å². The van der Waals surface area contributed by atoms with E-state index in [9.17, 15) is 104 Å². The Morgan fingerprint density at radius 2 is 1.03 bits per heavy atom. The van der Waals surface area contributed by atoms with Crippen LogP contribution in [0.5, 0.6) is 0 Å². The van der Waals surface area contributed by atoms with E-state index in [1.165, 1.54) is 6.92 Å². The Bertz CT molecular complexity index is 2180. The normalized spacial score (nSPS) is 35.7. The van der Waals surface area contributed by atoms with Crippen LogP contribution in [0.4, 0.5) is 0 Å². The number of carbonyl (C=O) groups is 4. The van der Waals surface area contributed by atoms with Crippen LogP contribution in [0.1, 0.15) is 96.3 Å². The van der Waals surface area contributed by atoms with E-state index < -0.39 is 184 Å². The van der Waals surface area contributed by atoms with Crippen LogP contribution in [0.2, 0.25) is 0 Å². The molecule has 0 aromatic carbocycles. The van der Waals surface area contributed by atoms with E-state index in [4.69, 9.17) is 50.2 Å². The topological polar surface area (TPSA) is 603 Å². The van der Waals surface area contributed by atoms with Gasteiger partial charge in [0.05, 0.1) is 85.1 Å². The molecule has 40 heteroatoms. The van der Waals surface area contributed by atoms with Crippen molar-refractivity contribution in [1.29, 1.82) is 0 Å². The Balaban J connectivity index is -0.000000508. The average molecular weight is 1420 g/mol. The maximum absolute atomic E-state index is 11.5. The summed E-state index contributed by atoms with van der Waals surface area (Å²) >= 11 is 7.92. The van der Waals surface area contributed by atoms with Gasteiger partial charge in [0.25, 0.3) is 0 Å². The first-order valence-corrected chi connectivity index (χ1v) is 31.6. The first kappa shape index (κ1) is 92.3. The molecule has 14 N–H and O–H groups in total. The Labute approximate surface area is 549 Å². The minimum absolute atomic E-state index is 0. The fraction of sp³-hybridized carbons (Fsp3) is 0.898. The van der Waals surface area contributed by atoms with Crippen LogP contribution in [-0.4, -0.2) is 253 Å². The van der Waals surface area contributed by atoms with Gasteiger partial charge in [-0.3, -0.25) is 0 Å². The zero-order valence-corrected chi connectivity index (χ0v) is 57.7. The average Bonchev–Trinajstić information content (AvgIpc) is 1.61. The second-order valence-corrected chi connectivity index (χ2v) is 25.5. The smallest absolute Gasteiger partial charge is 0.786 e. The van der Waals surface area contributed by atoms with Gasteiger partial charge in [-0.1, -0.05) is 62.0 Å². The molecule has 9 unspecified atom stereocenters. The van der Waals surface area contributed by atoms with Gasteiger partial charge in [-0.25, -0.2) is 0 Å². The summed E-state index contributed by atoms with van der Waals surface area (Å²) in [6.45, 7) is 15.5. The number of phosphoric acid groups is 1. The molecule has 2 bridgehead atoms. The number of carboxylic acids is 4. The largest absolute Gasteiger partial charge is 2.00 e. The quantitative estimate of drug-likeness (QED) is 0.0325. The third-order valence-electron chi connectivity index (χ3n) is 15.0. The van der Waals surface area contributed by atoms with E-state index in [0.717, 1.165) is 0 Å². The van der Waals surface area contributed by atoms with E-state index in [-0.39, 0.29) is 86.1 Å². The van der Waals surface area contributed by atoms with Crippen molar-refractivity contribution in [3.63, 3.8) is 0 Å². The van der Waals surface area contributed by atoms with Gasteiger partial charge in [0.1, 0.15) is 31.3 Å². The number of hydrogen-bond acceptors (Lipinski definition) is 34. The van der Waals surface area contributed by atoms with Crippen LogP contribution < -0.4 is 35.1 Å².